The summed E-state index contributed by atoms with van der Waals surface area (Å²) in [5, 5.41) is 3.74. The molecule has 1 atom stereocenters. The van der Waals surface area contributed by atoms with Gasteiger partial charge in [0.15, 0.2) is 0 Å². The molecule has 180 valence electrons. The zero-order chi connectivity index (χ0) is 24.5. The Balaban J connectivity index is 1.54. The average molecular weight is 470 g/mol. The number of carbonyl (C=O) groups is 2. The summed E-state index contributed by atoms with van der Waals surface area (Å²) in [4.78, 5) is 31.0. The van der Waals surface area contributed by atoms with Gasteiger partial charge in [-0.25, -0.2) is 4.98 Å². The summed E-state index contributed by atoms with van der Waals surface area (Å²) in [6.07, 6.45) is 9.84. The third kappa shape index (κ3) is 4.22. The number of nitrogens with zero attached hydrogens (tertiary/aromatic N) is 3. The van der Waals surface area contributed by atoms with Crippen LogP contribution in [0.1, 0.15) is 37.7 Å². The minimum absolute atomic E-state index is 0.0542. The molecule has 2 amide bonds. The van der Waals surface area contributed by atoms with Crippen LogP contribution in [0.15, 0.2) is 55.3 Å². The Morgan fingerprint density at radius 1 is 1.17 bits per heavy atom. The molecule has 35 heavy (non-hydrogen) atoms. The van der Waals surface area contributed by atoms with Gasteiger partial charge in [0.1, 0.15) is 5.82 Å². The van der Waals surface area contributed by atoms with Gasteiger partial charge in [0.25, 0.3) is 0 Å². The van der Waals surface area contributed by atoms with Gasteiger partial charge in [0.05, 0.1) is 11.2 Å². The highest BCUT2D eigenvalue weighted by Gasteiger charge is 2.30. The van der Waals surface area contributed by atoms with Crippen LogP contribution in [0.5, 0.6) is 0 Å². The molecule has 1 unspecified atom stereocenters. The molecule has 1 saturated heterocycles. The Hall–Kier alpha value is -3.87. The van der Waals surface area contributed by atoms with E-state index in [-0.39, 0.29) is 11.8 Å². The number of allylic oxidation sites excluding steroid dienone is 2. The van der Waals surface area contributed by atoms with Crippen molar-refractivity contribution in [2.24, 2.45) is 13.0 Å². The Labute approximate surface area is 205 Å². The number of likely N-dealkylation sites (tertiary alicyclic amines) is 1. The van der Waals surface area contributed by atoms with Gasteiger partial charge in [0.2, 0.25) is 11.8 Å². The van der Waals surface area contributed by atoms with Gasteiger partial charge in [-0.05, 0) is 67.5 Å². The number of aryl methyl sites for hydroxylation is 1. The largest absolute Gasteiger partial charge is 0.383 e. The number of amides is 2. The van der Waals surface area contributed by atoms with Crippen molar-refractivity contribution in [3.05, 3.63) is 60.8 Å². The first kappa shape index (κ1) is 22.9. The standard InChI is InChI=1S/C28H31N5O2/c1-3-23(34)31-21-12-10-19(11-13-21)26-24(25-22(32(26)2)14-15-30-27(25)29)18-6-8-20(9-7-18)28(35)33-16-4-5-17-33/h3,6,10-15,20H,1,4-5,7-9,16-17H2,2H3,(H2,29,30)(H,31,34). The molecule has 2 aliphatic rings. The van der Waals surface area contributed by atoms with E-state index in [0.29, 0.717) is 17.4 Å². The number of nitrogens with one attached hydrogen (secondary N) is 1. The molecule has 7 heteroatoms. The van der Waals surface area contributed by atoms with Crippen LogP contribution in [0.25, 0.3) is 27.7 Å². The van der Waals surface area contributed by atoms with E-state index in [4.69, 9.17) is 5.73 Å². The van der Waals surface area contributed by atoms with Crippen LogP contribution in [0.3, 0.4) is 0 Å². The molecule has 1 aliphatic heterocycles. The lowest BCUT2D eigenvalue weighted by Crippen LogP contribution is -2.34. The number of hydrogen-bond acceptors (Lipinski definition) is 4. The van der Waals surface area contributed by atoms with E-state index in [9.17, 15) is 9.59 Å². The lowest BCUT2D eigenvalue weighted by atomic mass is 9.84. The molecule has 0 saturated carbocycles. The molecule has 1 aliphatic carbocycles. The van der Waals surface area contributed by atoms with Crippen LogP contribution in [0, 0.1) is 5.92 Å². The lowest BCUT2D eigenvalue weighted by Gasteiger charge is -2.26. The fourth-order valence-corrected chi connectivity index (χ4v) is 5.45. The maximum Gasteiger partial charge on any atom is 0.247 e. The van der Waals surface area contributed by atoms with Crippen molar-refractivity contribution in [3.63, 3.8) is 0 Å². The van der Waals surface area contributed by atoms with E-state index in [0.717, 1.165) is 72.9 Å². The highest BCUT2D eigenvalue weighted by Crippen LogP contribution is 2.43. The van der Waals surface area contributed by atoms with Crippen LogP contribution >= 0.6 is 0 Å². The fraction of sp³-hybridized carbons (Fsp3) is 0.321. The number of aromatic nitrogens is 2. The van der Waals surface area contributed by atoms with Crippen LogP contribution < -0.4 is 11.1 Å². The number of pyridine rings is 1. The molecule has 0 bridgehead atoms. The molecular weight excluding hydrogens is 438 g/mol. The van der Waals surface area contributed by atoms with Gasteiger partial charge in [-0.2, -0.15) is 0 Å². The van der Waals surface area contributed by atoms with Gasteiger partial charge in [-0.15, -0.1) is 0 Å². The van der Waals surface area contributed by atoms with E-state index in [1.807, 2.05) is 42.3 Å². The number of nitrogens with two attached hydrogens (primary N) is 1. The summed E-state index contributed by atoms with van der Waals surface area (Å²) in [5.74, 6) is 0.616. The Kier molecular flexibility index (Phi) is 6.16. The first-order chi connectivity index (χ1) is 17.0. The van der Waals surface area contributed by atoms with Crippen molar-refractivity contribution < 1.29 is 9.59 Å². The summed E-state index contributed by atoms with van der Waals surface area (Å²) < 4.78 is 2.16. The van der Waals surface area contributed by atoms with Crippen molar-refractivity contribution >= 4 is 39.8 Å². The summed E-state index contributed by atoms with van der Waals surface area (Å²) in [6.45, 7) is 5.29. The van der Waals surface area contributed by atoms with Crippen molar-refractivity contribution in [3.8, 4) is 11.3 Å². The zero-order valence-corrected chi connectivity index (χ0v) is 20.1. The van der Waals surface area contributed by atoms with E-state index in [2.05, 4.69) is 27.5 Å². The molecule has 0 spiro atoms. The second kappa shape index (κ2) is 9.41. The average Bonchev–Trinajstić information content (AvgIpc) is 3.52. The maximum absolute atomic E-state index is 13.0. The molecule has 1 aromatic carbocycles. The Morgan fingerprint density at radius 2 is 1.91 bits per heavy atom. The van der Waals surface area contributed by atoms with Gasteiger partial charge in [0, 0.05) is 48.9 Å². The number of anilines is 2. The number of fused-ring (bicyclic) bond motifs is 1. The summed E-state index contributed by atoms with van der Waals surface area (Å²) in [6, 6.07) is 9.77. The van der Waals surface area contributed by atoms with Crippen LogP contribution in [-0.2, 0) is 16.6 Å². The molecule has 3 N–H and O–H groups in total. The molecule has 7 nitrogen and oxygen atoms in total. The van der Waals surface area contributed by atoms with Gasteiger partial charge >= 0.3 is 0 Å². The Morgan fingerprint density at radius 3 is 2.57 bits per heavy atom. The quantitative estimate of drug-likeness (QED) is 0.527. The number of rotatable bonds is 5. The predicted molar refractivity (Wildman–Crippen MR) is 141 cm³/mol. The van der Waals surface area contributed by atoms with Gasteiger partial charge in [-0.1, -0.05) is 24.8 Å². The number of nitrogen functional groups attached to an aromatic ring is 1. The predicted octanol–water partition coefficient (Wildman–Crippen LogP) is 4.75. The minimum atomic E-state index is -0.243. The topological polar surface area (TPSA) is 93.2 Å². The van der Waals surface area contributed by atoms with Crippen molar-refractivity contribution in [1.29, 1.82) is 0 Å². The van der Waals surface area contributed by atoms with E-state index in [1.54, 1.807) is 6.20 Å². The third-order valence-electron chi connectivity index (χ3n) is 7.25. The van der Waals surface area contributed by atoms with E-state index < -0.39 is 0 Å². The SMILES string of the molecule is C=CC(=O)Nc1ccc(-c2c(C3=CCC(C(=O)N4CCCC4)CC3)c3c(N)nccc3n2C)cc1. The zero-order valence-electron chi connectivity index (χ0n) is 20.1. The van der Waals surface area contributed by atoms with Crippen LogP contribution in [0.2, 0.25) is 0 Å². The molecule has 1 fully saturated rings. The van der Waals surface area contributed by atoms with Gasteiger partial charge in [-0.3, -0.25) is 9.59 Å². The highest BCUT2D eigenvalue weighted by atomic mass is 16.2. The number of hydrogen-bond donors (Lipinski definition) is 2. The molecule has 3 aromatic rings. The Bertz CT molecular complexity index is 1330. The van der Waals surface area contributed by atoms with Crippen molar-refractivity contribution in [1.82, 2.24) is 14.5 Å². The second-order valence-electron chi connectivity index (χ2n) is 9.38. The second-order valence-corrected chi connectivity index (χ2v) is 9.38. The minimum Gasteiger partial charge on any atom is -0.383 e. The smallest absolute Gasteiger partial charge is 0.247 e. The highest BCUT2D eigenvalue weighted by molar-refractivity contribution is 6.06. The van der Waals surface area contributed by atoms with E-state index in [1.165, 1.54) is 11.6 Å². The first-order valence-corrected chi connectivity index (χ1v) is 12.2. The monoisotopic (exact) mass is 469 g/mol. The van der Waals surface area contributed by atoms with Crippen molar-refractivity contribution in [2.45, 2.75) is 32.1 Å². The normalized spacial score (nSPS) is 17.9. The van der Waals surface area contributed by atoms with E-state index >= 15 is 0 Å². The summed E-state index contributed by atoms with van der Waals surface area (Å²) in [7, 11) is 2.04. The maximum atomic E-state index is 13.0. The molecule has 2 aromatic heterocycles. The van der Waals surface area contributed by atoms with Gasteiger partial charge < -0.3 is 20.5 Å². The van der Waals surface area contributed by atoms with Crippen LogP contribution in [-0.4, -0.2) is 39.4 Å². The first-order valence-electron chi connectivity index (χ1n) is 12.2. The number of carbonyl (C=O) groups excluding carboxylic acids is 2. The van der Waals surface area contributed by atoms with Crippen molar-refractivity contribution in [2.75, 3.05) is 24.1 Å². The summed E-state index contributed by atoms with van der Waals surface area (Å²) >= 11 is 0. The molecule has 5 rings (SSSR count). The lowest BCUT2D eigenvalue weighted by molar-refractivity contribution is -0.134. The summed E-state index contributed by atoms with van der Waals surface area (Å²) in [5.41, 5.74) is 12.5. The third-order valence-corrected chi connectivity index (χ3v) is 7.25. The fourth-order valence-electron chi connectivity index (χ4n) is 5.45. The van der Waals surface area contributed by atoms with Crippen LogP contribution in [0.4, 0.5) is 11.5 Å². The molecular formula is C28H31N5O2. The number of benzene rings is 1. The molecule has 0 radical (unpaired) electrons. The molecule has 3 heterocycles.